The Morgan fingerprint density at radius 3 is 2.35 bits per heavy atom. The highest BCUT2D eigenvalue weighted by Gasteiger charge is 2.50. The fourth-order valence-electron chi connectivity index (χ4n) is 3.21. The lowest BCUT2D eigenvalue weighted by atomic mass is 9.76. The molecule has 1 aromatic carbocycles. The molecule has 144 valence electrons. The molecular weight excluding hydrogens is 326 g/mol. The van der Waals surface area contributed by atoms with Gasteiger partial charge in [-0.1, -0.05) is 70.9 Å². The normalized spacial score (nSPS) is 21.7. The van der Waals surface area contributed by atoms with Gasteiger partial charge in [0.2, 0.25) is 5.91 Å². The Kier molecular flexibility index (Phi) is 6.62. The Hall–Kier alpha value is -1.68. The van der Waals surface area contributed by atoms with Crippen LogP contribution in [0.25, 0.3) is 0 Å². The first kappa shape index (κ1) is 20.6. The highest BCUT2D eigenvalue weighted by Crippen LogP contribution is 2.32. The first-order valence-corrected chi connectivity index (χ1v) is 9.70. The molecule has 1 heterocycles. The lowest BCUT2D eigenvalue weighted by Crippen LogP contribution is -2.50. The second kappa shape index (κ2) is 8.34. The fraction of sp³-hybridized carbons (Fsp3) is 0.636. The molecule has 1 amide bonds. The van der Waals surface area contributed by atoms with Gasteiger partial charge in [0.1, 0.15) is 5.60 Å². The van der Waals surface area contributed by atoms with Crippen molar-refractivity contribution in [1.29, 1.82) is 0 Å². The molecule has 0 aromatic heterocycles. The van der Waals surface area contributed by atoms with Gasteiger partial charge in [0.05, 0.1) is 12.6 Å². The number of nitrogens with one attached hydrogen (secondary N) is 1. The van der Waals surface area contributed by atoms with Gasteiger partial charge in [-0.3, -0.25) is 9.59 Å². The van der Waals surface area contributed by atoms with Crippen molar-refractivity contribution in [3.05, 3.63) is 35.9 Å². The summed E-state index contributed by atoms with van der Waals surface area (Å²) in [4.78, 5) is 25.9. The molecule has 3 atom stereocenters. The Balaban J connectivity index is 2.13. The predicted molar refractivity (Wildman–Crippen MR) is 104 cm³/mol. The Morgan fingerprint density at radius 1 is 1.23 bits per heavy atom. The number of hydrogen-bond donors (Lipinski definition) is 1. The second-order valence-electron chi connectivity index (χ2n) is 8.70. The van der Waals surface area contributed by atoms with Gasteiger partial charge in [0.15, 0.2) is 5.78 Å². The fourth-order valence-corrected chi connectivity index (χ4v) is 3.21. The molecule has 0 aliphatic carbocycles. The number of rotatable bonds is 9. The molecule has 0 bridgehead atoms. The molecule has 1 aliphatic heterocycles. The van der Waals surface area contributed by atoms with Crippen LogP contribution in [0.2, 0.25) is 0 Å². The largest absolute Gasteiger partial charge is 0.361 e. The van der Waals surface area contributed by atoms with Crippen molar-refractivity contribution in [1.82, 2.24) is 5.32 Å². The van der Waals surface area contributed by atoms with E-state index < -0.39 is 11.6 Å². The SMILES string of the molecule is CCCCC(NC(=O)C(Cc1ccccc1)C(C)(C)C)C(=O)C1(C)CO1. The maximum atomic E-state index is 13.1. The van der Waals surface area contributed by atoms with Crippen LogP contribution >= 0.6 is 0 Å². The van der Waals surface area contributed by atoms with Gasteiger partial charge in [0, 0.05) is 5.92 Å². The van der Waals surface area contributed by atoms with E-state index in [4.69, 9.17) is 4.74 Å². The van der Waals surface area contributed by atoms with Crippen LogP contribution in [-0.4, -0.2) is 29.9 Å². The number of carbonyl (C=O) groups is 2. The quantitative estimate of drug-likeness (QED) is 0.680. The van der Waals surface area contributed by atoms with E-state index in [2.05, 4.69) is 33.0 Å². The van der Waals surface area contributed by atoms with Crippen molar-refractivity contribution in [3.8, 4) is 0 Å². The first-order valence-electron chi connectivity index (χ1n) is 9.70. The van der Waals surface area contributed by atoms with E-state index in [1.54, 1.807) is 0 Å². The molecule has 2 rings (SSSR count). The molecule has 26 heavy (non-hydrogen) atoms. The molecule has 3 unspecified atom stereocenters. The summed E-state index contributed by atoms with van der Waals surface area (Å²) in [6.07, 6.45) is 3.23. The molecule has 0 saturated carbocycles. The molecule has 0 spiro atoms. The van der Waals surface area contributed by atoms with E-state index in [0.29, 0.717) is 19.4 Å². The molecule has 1 N–H and O–H groups in total. The van der Waals surface area contributed by atoms with E-state index in [1.807, 2.05) is 37.3 Å². The van der Waals surface area contributed by atoms with Gasteiger partial charge in [-0.05, 0) is 30.7 Å². The van der Waals surface area contributed by atoms with Crippen molar-refractivity contribution >= 4 is 11.7 Å². The van der Waals surface area contributed by atoms with Crippen LogP contribution < -0.4 is 5.32 Å². The van der Waals surface area contributed by atoms with E-state index >= 15 is 0 Å². The number of benzene rings is 1. The van der Waals surface area contributed by atoms with E-state index in [0.717, 1.165) is 18.4 Å². The lowest BCUT2D eigenvalue weighted by molar-refractivity contribution is -0.134. The zero-order valence-electron chi connectivity index (χ0n) is 16.8. The number of ketones is 1. The van der Waals surface area contributed by atoms with Crippen molar-refractivity contribution in [2.45, 2.75) is 71.9 Å². The smallest absolute Gasteiger partial charge is 0.224 e. The van der Waals surface area contributed by atoms with Gasteiger partial charge in [-0.15, -0.1) is 0 Å². The minimum Gasteiger partial charge on any atom is -0.361 e. The number of ether oxygens (including phenoxy) is 1. The van der Waals surface area contributed by atoms with Gasteiger partial charge in [0.25, 0.3) is 0 Å². The number of carbonyl (C=O) groups excluding carboxylic acids is 2. The molecule has 1 aromatic rings. The van der Waals surface area contributed by atoms with E-state index in [-0.39, 0.29) is 23.0 Å². The standard InChI is InChI=1S/C22H33NO3/c1-6-7-13-18(19(24)22(5)15-26-22)23-20(25)17(21(2,3)4)14-16-11-9-8-10-12-16/h8-12,17-18H,6-7,13-15H2,1-5H3,(H,23,25). The van der Waals surface area contributed by atoms with Crippen LogP contribution in [0, 0.1) is 11.3 Å². The number of epoxide rings is 1. The molecule has 4 heteroatoms. The zero-order chi connectivity index (χ0) is 19.4. The highest BCUT2D eigenvalue weighted by molar-refractivity contribution is 5.96. The highest BCUT2D eigenvalue weighted by atomic mass is 16.6. The van der Waals surface area contributed by atoms with Crippen LogP contribution in [0.1, 0.15) is 59.4 Å². The summed E-state index contributed by atoms with van der Waals surface area (Å²) in [5.41, 5.74) is 0.233. The van der Waals surface area contributed by atoms with E-state index in [1.165, 1.54) is 0 Å². The number of hydrogen-bond acceptors (Lipinski definition) is 3. The van der Waals surface area contributed by atoms with Crippen LogP contribution in [0.5, 0.6) is 0 Å². The summed E-state index contributed by atoms with van der Waals surface area (Å²) < 4.78 is 5.32. The molecule has 0 radical (unpaired) electrons. The molecule has 1 fully saturated rings. The van der Waals surface area contributed by atoms with Gasteiger partial charge in [-0.2, -0.15) is 0 Å². The summed E-state index contributed by atoms with van der Waals surface area (Å²) in [6.45, 7) is 10.6. The Morgan fingerprint density at radius 2 is 1.85 bits per heavy atom. The zero-order valence-corrected chi connectivity index (χ0v) is 16.8. The summed E-state index contributed by atoms with van der Waals surface area (Å²) in [6, 6.07) is 9.59. The summed E-state index contributed by atoms with van der Waals surface area (Å²) in [7, 11) is 0. The Bertz CT molecular complexity index is 614. The topological polar surface area (TPSA) is 58.7 Å². The van der Waals surface area contributed by atoms with Crippen molar-refractivity contribution in [2.24, 2.45) is 11.3 Å². The average molecular weight is 360 g/mol. The van der Waals surface area contributed by atoms with Crippen LogP contribution in [-0.2, 0) is 20.7 Å². The van der Waals surface area contributed by atoms with Crippen LogP contribution in [0.3, 0.4) is 0 Å². The third kappa shape index (κ3) is 5.41. The second-order valence-corrected chi connectivity index (χ2v) is 8.70. The number of Topliss-reactive ketones (excluding diaryl/α,β-unsaturated/α-hetero) is 1. The average Bonchev–Trinajstić information content (AvgIpc) is 3.34. The summed E-state index contributed by atoms with van der Waals surface area (Å²) in [5, 5.41) is 3.06. The lowest BCUT2D eigenvalue weighted by Gasteiger charge is -2.31. The first-order chi connectivity index (χ1) is 12.2. The van der Waals surface area contributed by atoms with Crippen molar-refractivity contribution in [3.63, 3.8) is 0 Å². The molecule has 1 aliphatic rings. The minimum atomic E-state index is -0.706. The molecule has 1 saturated heterocycles. The van der Waals surface area contributed by atoms with Gasteiger partial charge >= 0.3 is 0 Å². The third-order valence-corrected chi connectivity index (χ3v) is 5.22. The summed E-state index contributed by atoms with van der Waals surface area (Å²) >= 11 is 0. The third-order valence-electron chi connectivity index (χ3n) is 5.22. The maximum Gasteiger partial charge on any atom is 0.224 e. The minimum absolute atomic E-state index is 0.00618. The Labute approximate surface area is 157 Å². The monoisotopic (exact) mass is 359 g/mol. The maximum absolute atomic E-state index is 13.1. The van der Waals surface area contributed by atoms with E-state index in [9.17, 15) is 9.59 Å². The summed E-state index contributed by atoms with van der Waals surface area (Å²) in [5.74, 6) is -0.235. The predicted octanol–water partition coefficient (Wildman–Crippen LogP) is 3.92. The van der Waals surface area contributed by atoms with Crippen molar-refractivity contribution in [2.75, 3.05) is 6.61 Å². The number of unbranched alkanes of at least 4 members (excludes halogenated alkanes) is 1. The number of amides is 1. The van der Waals surface area contributed by atoms with Crippen LogP contribution in [0.4, 0.5) is 0 Å². The van der Waals surface area contributed by atoms with Crippen LogP contribution in [0.15, 0.2) is 30.3 Å². The van der Waals surface area contributed by atoms with Gasteiger partial charge in [-0.25, -0.2) is 0 Å². The van der Waals surface area contributed by atoms with Gasteiger partial charge < -0.3 is 10.1 Å². The van der Waals surface area contributed by atoms with Crippen molar-refractivity contribution < 1.29 is 14.3 Å². The molecule has 4 nitrogen and oxygen atoms in total. The molecular formula is C22H33NO3.